The Bertz CT molecular complexity index is 844. The molecule has 3 rings (SSSR count). The van der Waals surface area contributed by atoms with E-state index in [1.807, 2.05) is 11.6 Å². The van der Waals surface area contributed by atoms with Gasteiger partial charge in [0.1, 0.15) is 0 Å². The van der Waals surface area contributed by atoms with E-state index in [2.05, 4.69) is 33.1 Å². The zero-order valence-corrected chi connectivity index (χ0v) is 15.2. The molecule has 3 heterocycles. The number of aryl methyl sites for hydroxylation is 2. The minimum Gasteiger partial charge on any atom is -0.294 e. The summed E-state index contributed by atoms with van der Waals surface area (Å²) in [4.78, 5) is 10.6. The predicted octanol–water partition coefficient (Wildman–Crippen LogP) is 1.35. The van der Waals surface area contributed by atoms with Crippen LogP contribution in [0, 0.1) is 6.92 Å². The van der Waals surface area contributed by atoms with E-state index in [0.29, 0.717) is 0 Å². The topological polar surface area (TPSA) is 81.0 Å². The Kier molecular flexibility index (Phi) is 4.69. The Hall–Kier alpha value is -1.80. The lowest BCUT2D eigenvalue weighted by Crippen LogP contribution is -2.31. The van der Waals surface area contributed by atoms with Crippen LogP contribution in [0.4, 0.5) is 0 Å². The summed E-state index contributed by atoms with van der Waals surface area (Å²) in [6.07, 6.45) is 6.72. The number of hydrogen-bond acceptors (Lipinski definition) is 6. The van der Waals surface area contributed by atoms with E-state index in [0.717, 1.165) is 62.2 Å². The van der Waals surface area contributed by atoms with Gasteiger partial charge in [-0.05, 0) is 13.3 Å². The molecule has 2 aromatic heterocycles. The van der Waals surface area contributed by atoms with Crippen molar-refractivity contribution < 1.29 is 8.42 Å². The fourth-order valence-corrected chi connectivity index (χ4v) is 3.49. The average Bonchev–Trinajstić information content (AvgIpc) is 2.86. The van der Waals surface area contributed by atoms with Gasteiger partial charge in [0.05, 0.1) is 11.4 Å². The summed E-state index contributed by atoms with van der Waals surface area (Å²) in [7, 11) is -3.35. The van der Waals surface area contributed by atoms with Gasteiger partial charge in [-0.25, -0.2) is 18.4 Å². The third-order valence-electron chi connectivity index (χ3n) is 4.22. The minimum atomic E-state index is -3.35. The summed E-state index contributed by atoms with van der Waals surface area (Å²) in [5.74, 6) is 0. The van der Waals surface area contributed by atoms with Gasteiger partial charge in [0.2, 0.25) is 15.0 Å². The minimum absolute atomic E-state index is 0.0774. The number of sulfone groups is 1. The standard InChI is InChI=1S/C16H23N5O2S/c1-4-6-21-11-14(12(2)19-21)10-20-7-5-15-13(9-20)8-17-16(18-15)24(3,22)23/h8,11H,4-7,9-10H2,1-3H3. The molecule has 0 saturated heterocycles. The van der Waals surface area contributed by atoms with Crippen molar-refractivity contribution >= 4 is 9.84 Å². The molecular formula is C16H23N5O2S. The lowest BCUT2D eigenvalue weighted by molar-refractivity contribution is 0.241. The van der Waals surface area contributed by atoms with Gasteiger partial charge in [0.25, 0.3) is 0 Å². The van der Waals surface area contributed by atoms with Gasteiger partial charge < -0.3 is 0 Å². The molecule has 0 unspecified atom stereocenters. The van der Waals surface area contributed by atoms with Crippen molar-refractivity contribution in [2.75, 3.05) is 12.8 Å². The molecule has 1 aliphatic heterocycles. The maximum Gasteiger partial charge on any atom is 0.246 e. The highest BCUT2D eigenvalue weighted by molar-refractivity contribution is 7.90. The zero-order chi connectivity index (χ0) is 17.3. The number of nitrogens with zero attached hydrogens (tertiary/aromatic N) is 5. The Morgan fingerprint density at radius 1 is 1.33 bits per heavy atom. The van der Waals surface area contributed by atoms with Crippen LogP contribution in [0.15, 0.2) is 17.6 Å². The van der Waals surface area contributed by atoms with Crippen LogP contribution in [0.3, 0.4) is 0 Å². The second kappa shape index (κ2) is 6.60. The Balaban J connectivity index is 1.74. The molecule has 0 aliphatic carbocycles. The van der Waals surface area contributed by atoms with E-state index >= 15 is 0 Å². The van der Waals surface area contributed by atoms with Gasteiger partial charge in [0.15, 0.2) is 0 Å². The van der Waals surface area contributed by atoms with Gasteiger partial charge in [-0.1, -0.05) is 6.92 Å². The molecule has 2 aromatic rings. The van der Waals surface area contributed by atoms with Crippen molar-refractivity contribution in [3.05, 3.63) is 34.9 Å². The predicted molar refractivity (Wildman–Crippen MR) is 90.2 cm³/mol. The summed E-state index contributed by atoms with van der Waals surface area (Å²) in [6.45, 7) is 7.54. The first-order valence-corrected chi connectivity index (χ1v) is 10.1. The third-order valence-corrected chi connectivity index (χ3v) is 5.08. The van der Waals surface area contributed by atoms with Crippen molar-refractivity contribution in [3.8, 4) is 0 Å². The molecule has 0 bridgehead atoms. The zero-order valence-electron chi connectivity index (χ0n) is 14.4. The molecule has 8 heteroatoms. The summed E-state index contributed by atoms with van der Waals surface area (Å²) in [5, 5.41) is 4.47. The van der Waals surface area contributed by atoms with E-state index < -0.39 is 9.84 Å². The van der Waals surface area contributed by atoms with Crippen LogP contribution in [0.5, 0.6) is 0 Å². The first-order valence-electron chi connectivity index (χ1n) is 8.17. The van der Waals surface area contributed by atoms with Crippen molar-refractivity contribution in [3.63, 3.8) is 0 Å². The molecule has 0 aromatic carbocycles. The highest BCUT2D eigenvalue weighted by Crippen LogP contribution is 2.20. The molecule has 7 nitrogen and oxygen atoms in total. The largest absolute Gasteiger partial charge is 0.294 e. The first kappa shape index (κ1) is 17.0. The third kappa shape index (κ3) is 3.64. The smallest absolute Gasteiger partial charge is 0.246 e. The van der Waals surface area contributed by atoms with E-state index in [9.17, 15) is 8.42 Å². The van der Waals surface area contributed by atoms with Crippen molar-refractivity contribution in [1.82, 2.24) is 24.6 Å². The molecule has 0 radical (unpaired) electrons. The van der Waals surface area contributed by atoms with Gasteiger partial charge in [0, 0.05) is 62.4 Å². The fourth-order valence-electron chi connectivity index (χ4n) is 2.97. The van der Waals surface area contributed by atoms with Crippen LogP contribution in [0.25, 0.3) is 0 Å². The molecule has 24 heavy (non-hydrogen) atoms. The number of fused-ring (bicyclic) bond motifs is 1. The molecule has 130 valence electrons. The molecule has 0 atom stereocenters. The van der Waals surface area contributed by atoms with Gasteiger partial charge in [-0.15, -0.1) is 0 Å². The van der Waals surface area contributed by atoms with Crippen LogP contribution < -0.4 is 0 Å². The molecule has 0 fully saturated rings. The van der Waals surface area contributed by atoms with Crippen LogP contribution in [0.1, 0.15) is 35.9 Å². The molecule has 0 N–H and O–H groups in total. The monoisotopic (exact) mass is 349 g/mol. The molecular weight excluding hydrogens is 326 g/mol. The number of aromatic nitrogens is 4. The fraction of sp³-hybridized carbons (Fsp3) is 0.562. The second-order valence-corrected chi connectivity index (χ2v) is 8.27. The highest BCUT2D eigenvalue weighted by Gasteiger charge is 2.22. The van der Waals surface area contributed by atoms with Crippen LogP contribution in [0.2, 0.25) is 0 Å². The molecule has 0 saturated carbocycles. The van der Waals surface area contributed by atoms with Crippen molar-refractivity contribution in [2.24, 2.45) is 0 Å². The quantitative estimate of drug-likeness (QED) is 0.758. The Morgan fingerprint density at radius 3 is 2.83 bits per heavy atom. The summed E-state index contributed by atoms with van der Waals surface area (Å²) < 4.78 is 25.1. The van der Waals surface area contributed by atoms with E-state index in [4.69, 9.17) is 0 Å². The van der Waals surface area contributed by atoms with Crippen LogP contribution in [-0.2, 0) is 35.9 Å². The maximum absolute atomic E-state index is 11.6. The number of hydrogen-bond donors (Lipinski definition) is 0. The van der Waals surface area contributed by atoms with E-state index in [1.54, 1.807) is 6.20 Å². The van der Waals surface area contributed by atoms with Crippen LogP contribution in [-0.4, -0.2) is 45.9 Å². The lowest BCUT2D eigenvalue weighted by Gasteiger charge is -2.27. The average molecular weight is 349 g/mol. The first-order chi connectivity index (χ1) is 11.4. The van der Waals surface area contributed by atoms with Crippen molar-refractivity contribution in [1.29, 1.82) is 0 Å². The Morgan fingerprint density at radius 2 is 2.12 bits per heavy atom. The summed E-state index contributed by atoms with van der Waals surface area (Å²) in [5.41, 5.74) is 4.16. The molecule has 0 amide bonds. The second-order valence-electron chi connectivity index (χ2n) is 6.36. The maximum atomic E-state index is 11.6. The van der Waals surface area contributed by atoms with E-state index in [1.165, 1.54) is 5.56 Å². The van der Waals surface area contributed by atoms with Gasteiger partial charge in [-0.3, -0.25) is 9.58 Å². The normalized spacial score (nSPS) is 15.5. The van der Waals surface area contributed by atoms with Crippen LogP contribution >= 0.6 is 0 Å². The Labute approximate surface area is 142 Å². The van der Waals surface area contributed by atoms with Gasteiger partial charge in [-0.2, -0.15) is 5.10 Å². The lowest BCUT2D eigenvalue weighted by atomic mass is 10.1. The summed E-state index contributed by atoms with van der Waals surface area (Å²) >= 11 is 0. The summed E-state index contributed by atoms with van der Waals surface area (Å²) in [6, 6.07) is 0. The highest BCUT2D eigenvalue weighted by atomic mass is 32.2. The molecule has 1 aliphatic rings. The number of rotatable bonds is 5. The molecule has 0 spiro atoms. The van der Waals surface area contributed by atoms with E-state index in [-0.39, 0.29) is 5.16 Å². The SMILES string of the molecule is CCCn1cc(CN2CCc3nc(S(C)(=O)=O)ncc3C2)c(C)n1. The van der Waals surface area contributed by atoms with Crippen molar-refractivity contribution in [2.45, 2.75) is 51.5 Å². The van der Waals surface area contributed by atoms with Gasteiger partial charge >= 0.3 is 0 Å².